The van der Waals surface area contributed by atoms with Gasteiger partial charge in [-0.05, 0) is 63.8 Å². The summed E-state index contributed by atoms with van der Waals surface area (Å²) in [6.45, 7) is 10.1. The van der Waals surface area contributed by atoms with E-state index in [0.717, 1.165) is 62.3 Å². The molecule has 0 spiro atoms. The van der Waals surface area contributed by atoms with Crippen LogP contribution in [-0.2, 0) is 11.3 Å². The Labute approximate surface area is 198 Å². The maximum Gasteiger partial charge on any atom is 0.227 e. The highest BCUT2D eigenvalue weighted by atomic mass is 127. The summed E-state index contributed by atoms with van der Waals surface area (Å²) in [7, 11) is 0. The van der Waals surface area contributed by atoms with Crippen molar-refractivity contribution in [3.8, 4) is 0 Å². The van der Waals surface area contributed by atoms with Crippen LogP contribution in [0, 0.1) is 0 Å². The first-order valence-electron chi connectivity index (χ1n) is 11.3. The van der Waals surface area contributed by atoms with Crippen molar-refractivity contribution in [3.05, 3.63) is 29.8 Å². The summed E-state index contributed by atoms with van der Waals surface area (Å²) in [5.74, 6) is 1.10. The molecule has 2 aliphatic rings. The minimum atomic E-state index is 0. The van der Waals surface area contributed by atoms with Crippen LogP contribution in [0.25, 0.3) is 0 Å². The van der Waals surface area contributed by atoms with Gasteiger partial charge < -0.3 is 20.4 Å². The van der Waals surface area contributed by atoms with Crippen molar-refractivity contribution >= 4 is 41.5 Å². The molecule has 2 fully saturated rings. The van der Waals surface area contributed by atoms with Gasteiger partial charge >= 0.3 is 0 Å². The van der Waals surface area contributed by atoms with Crippen molar-refractivity contribution in [2.24, 2.45) is 4.99 Å². The Hall–Kier alpha value is -1.35. The van der Waals surface area contributed by atoms with Gasteiger partial charge in [-0.1, -0.05) is 18.6 Å². The average Bonchev–Trinajstić information content (AvgIpc) is 3.16. The monoisotopic (exact) mass is 527 g/mol. The number of guanidine groups is 1. The van der Waals surface area contributed by atoms with Gasteiger partial charge in [-0.25, -0.2) is 4.99 Å². The predicted octanol–water partition coefficient (Wildman–Crippen LogP) is 3.75. The second-order valence-electron chi connectivity index (χ2n) is 8.17. The number of carbonyl (C=O) groups is 1. The zero-order valence-corrected chi connectivity index (χ0v) is 20.9. The molecule has 0 aliphatic carbocycles. The van der Waals surface area contributed by atoms with Gasteiger partial charge in [0.15, 0.2) is 5.96 Å². The molecule has 0 radical (unpaired) electrons. The van der Waals surface area contributed by atoms with E-state index in [-0.39, 0.29) is 29.9 Å². The molecule has 0 saturated carbocycles. The van der Waals surface area contributed by atoms with Gasteiger partial charge in [-0.3, -0.25) is 4.79 Å². The molecule has 2 heterocycles. The Balaban J connectivity index is 0.00000320. The second-order valence-corrected chi connectivity index (χ2v) is 8.17. The van der Waals surface area contributed by atoms with E-state index in [9.17, 15) is 4.79 Å². The Morgan fingerprint density at radius 3 is 2.60 bits per heavy atom. The molecule has 0 bridgehead atoms. The second kappa shape index (κ2) is 13.1. The average molecular weight is 527 g/mol. The Morgan fingerprint density at radius 2 is 1.93 bits per heavy atom. The predicted molar refractivity (Wildman–Crippen MR) is 136 cm³/mol. The van der Waals surface area contributed by atoms with Gasteiger partial charge in [0.1, 0.15) is 0 Å². The number of benzene rings is 1. The lowest BCUT2D eigenvalue weighted by atomic mass is 10.0. The molecule has 1 unspecified atom stereocenters. The Bertz CT molecular complexity index is 679. The first-order chi connectivity index (χ1) is 14.2. The van der Waals surface area contributed by atoms with E-state index in [1.54, 1.807) is 0 Å². The van der Waals surface area contributed by atoms with Gasteiger partial charge in [0.25, 0.3) is 0 Å². The van der Waals surface area contributed by atoms with Crippen molar-refractivity contribution in [1.82, 2.24) is 15.5 Å². The molecule has 2 saturated heterocycles. The molecule has 6 nitrogen and oxygen atoms in total. The number of carbonyl (C=O) groups excluding carboxylic acids is 1. The fourth-order valence-corrected chi connectivity index (χ4v) is 4.19. The summed E-state index contributed by atoms with van der Waals surface area (Å²) in [5, 5.41) is 6.80. The molecular formula is C23H38IN5O. The number of amides is 1. The highest BCUT2D eigenvalue weighted by Gasteiger charge is 2.21. The van der Waals surface area contributed by atoms with E-state index in [2.05, 4.69) is 41.5 Å². The topological polar surface area (TPSA) is 60.0 Å². The normalized spacial score (nSPS) is 20.2. The molecular weight excluding hydrogens is 489 g/mol. The molecule has 7 heteroatoms. The smallest absolute Gasteiger partial charge is 0.227 e. The molecule has 0 aromatic heterocycles. The third kappa shape index (κ3) is 7.41. The summed E-state index contributed by atoms with van der Waals surface area (Å²) in [5.41, 5.74) is 2.15. The number of rotatable bonds is 8. The molecule has 3 rings (SSSR count). The quantitative estimate of drug-likeness (QED) is 0.234. The van der Waals surface area contributed by atoms with Crippen molar-refractivity contribution < 1.29 is 4.79 Å². The molecule has 1 atom stereocenters. The minimum Gasteiger partial charge on any atom is -0.357 e. The maximum absolute atomic E-state index is 11.9. The lowest BCUT2D eigenvalue weighted by Gasteiger charge is -2.33. The van der Waals surface area contributed by atoms with Crippen LogP contribution in [0.2, 0.25) is 0 Å². The van der Waals surface area contributed by atoms with Crippen LogP contribution in [0.4, 0.5) is 5.69 Å². The van der Waals surface area contributed by atoms with Crippen molar-refractivity contribution in [2.75, 3.05) is 37.6 Å². The number of anilines is 1. The van der Waals surface area contributed by atoms with Crippen molar-refractivity contribution in [1.29, 1.82) is 0 Å². The van der Waals surface area contributed by atoms with Crippen LogP contribution in [0.3, 0.4) is 0 Å². The third-order valence-electron chi connectivity index (χ3n) is 5.94. The number of nitrogens with one attached hydrogen (secondary N) is 2. The van der Waals surface area contributed by atoms with Crippen LogP contribution in [0.15, 0.2) is 29.3 Å². The largest absolute Gasteiger partial charge is 0.357 e. The van der Waals surface area contributed by atoms with E-state index < -0.39 is 0 Å². The van der Waals surface area contributed by atoms with Gasteiger partial charge in [0.05, 0.1) is 6.54 Å². The SMILES string of the molecule is CCNC(=NCc1ccc(N2CCCC2=O)cc1)NCCCN1CCCCC1C.I. The molecule has 30 heavy (non-hydrogen) atoms. The molecule has 1 amide bonds. The van der Waals surface area contributed by atoms with Crippen LogP contribution in [0.1, 0.15) is 57.9 Å². The first-order valence-corrected chi connectivity index (χ1v) is 11.3. The van der Waals surface area contributed by atoms with Crippen molar-refractivity contribution in [3.63, 3.8) is 0 Å². The summed E-state index contributed by atoms with van der Waals surface area (Å²) >= 11 is 0. The van der Waals surface area contributed by atoms with Gasteiger partial charge in [0.2, 0.25) is 5.91 Å². The number of aliphatic imine (C=N–C) groups is 1. The number of hydrogen-bond acceptors (Lipinski definition) is 3. The summed E-state index contributed by atoms with van der Waals surface area (Å²) in [4.78, 5) is 21.1. The highest BCUT2D eigenvalue weighted by molar-refractivity contribution is 14.0. The van der Waals surface area contributed by atoms with Gasteiger partial charge in [-0.2, -0.15) is 0 Å². The lowest BCUT2D eigenvalue weighted by molar-refractivity contribution is -0.117. The summed E-state index contributed by atoms with van der Waals surface area (Å²) in [6.07, 6.45) is 6.81. The lowest BCUT2D eigenvalue weighted by Crippen LogP contribution is -2.41. The number of nitrogens with zero attached hydrogens (tertiary/aromatic N) is 3. The first kappa shape index (κ1) is 24.9. The zero-order valence-electron chi connectivity index (χ0n) is 18.5. The van der Waals surface area contributed by atoms with E-state index >= 15 is 0 Å². The van der Waals surface area contributed by atoms with Crippen molar-refractivity contribution in [2.45, 2.75) is 65.0 Å². The molecule has 1 aromatic carbocycles. The Kier molecular flexibility index (Phi) is 10.9. The van der Waals surface area contributed by atoms with E-state index in [4.69, 9.17) is 4.99 Å². The molecule has 168 valence electrons. The fraction of sp³-hybridized carbons (Fsp3) is 0.652. The Morgan fingerprint density at radius 1 is 1.13 bits per heavy atom. The van der Waals surface area contributed by atoms with Crippen LogP contribution in [0.5, 0.6) is 0 Å². The van der Waals surface area contributed by atoms with Crippen LogP contribution in [-0.4, -0.2) is 55.5 Å². The van der Waals surface area contributed by atoms with E-state index in [1.165, 1.54) is 25.8 Å². The van der Waals surface area contributed by atoms with E-state index in [0.29, 0.717) is 13.0 Å². The van der Waals surface area contributed by atoms with E-state index in [1.807, 2.05) is 17.0 Å². The maximum atomic E-state index is 11.9. The highest BCUT2D eigenvalue weighted by Crippen LogP contribution is 2.21. The number of hydrogen-bond donors (Lipinski definition) is 2. The number of likely N-dealkylation sites (tertiary alicyclic amines) is 1. The summed E-state index contributed by atoms with van der Waals surface area (Å²) < 4.78 is 0. The zero-order chi connectivity index (χ0) is 20.5. The van der Waals surface area contributed by atoms with Crippen LogP contribution < -0.4 is 15.5 Å². The molecule has 2 N–H and O–H groups in total. The fourth-order valence-electron chi connectivity index (χ4n) is 4.19. The number of halogens is 1. The third-order valence-corrected chi connectivity index (χ3v) is 5.94. The van der Waals surface area contributed by atoms with Crippen LogP contribution >= 0.6 is 24.0 Å². The molecule has 2 aliphatic heterocycles. The molecule has 1 aromatic rings. The standard InChI is InChI=1S/C23H37N5O.HI/c1-3-24-23(25-14-7-16-27-15-5-4-8-19(27)2)26-18-20-10-12-21(13-11-20)28-17-6-9-22(28)29;/h10-13,19H,3-9,14-18H2,1-2H3,(H2,24,25,26);1H. The van der Waals surface area contributed by atoms with Gasteiger partial charge in [-0.15, -0.1) is 24.0 Å². The summed E-state index contributed by atoms with van der Waals surface area (Å²) in [6, 6.07) is 8.95. The number of piperidine rings is 1. The van der Waals surface area contributed by atoms with Gasteiger partial charge in [0, 0.05) is 44.3 Å². The minimum absolute atomic E-state index is 0.